The van der Waals surface area contributed by atoms with Crippen molar-refractivity contribution in [2.75, 3.05) is 0 Å². The zero-order chi connectivity index (χ0) is 14.7. The number of aromatic nitrogens is 2. The predicted molar refractivity (Wildman–Crippen MR) is 70.8 cm³/mol. The Kier molecular flexibility index (Phi) is 3.99. The summed E-state index contributed by atoms with van der Waals surface area (Å²) in [6.45, 7) is 0.219. The van der Waals surface area contributed by atoms with E-state index in [0.717, 1.165) is 5.56 Å². The van der Waals surface area contributed by atoms with Gasteiger partial charge in [0.05, 0.1) is 24.3 Å². The molecule has 0 amide bonds. The van der Waals surface area contributed by atoms with E-state index in [1.807, 2.05) is 0 Å². The lowest BCUT2D eigenvalue weighted by molar-refractivity contribution is -0.389. The summed E-state index contributed by atoms with van der Waals surface area (Å²) in [5.74, 6) is -1.36. The Labute approximate surface area is 118 Å². The lowest BCUT2D eigenvalue weighted by Crippen LogP contribution is -2.07. The van der Waals surface area contributed by atoms with Crippen LogP contribution >= 0.6 is 11.6 Å². The van der Waals surface area contributed by atoms with E-state index < -0.39 is 16.7 Å². The number of carboxylic acids is 1. The fourth-order valence-corrected chi connectivity index (χ4v) is 2.03. The Hall–Kier alpha value is -2.41. The van der Waals surface area contributed by atoms with Gasteiger partial charge in [0, 0.05) is 0 Å². The quantitative estimate of drug-likeness (QED) is 0.673. The van der Waals surface area contributed by atoms with Gasteiger partial charge < -0.3 is 15.2 Å². The average Bonchev–Trinajstić information content (AvgIpc) is 2.72. The van der Waals surface area contributed by atoms with E-state index in [2.05, 4.69) is 5.10 Å². The summed E-state index contributed by atoms with van der Waals surface area (Å²) >= 11 is 5.71. The molecule has 1 aromatic heterocycles. The summed E-state index contributed by atoms with van der Waals surface area (Å²) in [5.41, 5.74) is 1.36. The standard InChI is InChI=1S/C12H10ClN3O4/c13-10-7-15(14-12(10)16(19)20)6-9-4-2-1-3-8(9)5-11(17)18/h1-4,7H,5-6H2,(H,17,18). The third kappa shape index (κ3) is 3.12. The number of halogens is 1. The summed E-state index contributed by atoms with van der Waals surface area (Å²) < 4.78 is 1.32. The van der Waals surface area contributed by atoms with E-state index in [1.165, 1.54) is 10.9 Å². The molecule has 2 rings (SSSR count). The molecular weight excluding hydrogens is 286 g/mol. The predicted octanol–water partition coefficient (Wildman–Crippen LogP) is 2.12. The molecule has 1 N–H and O–H groups in total. The Balaban J connectivity index is 2.28. The molecule has 104 valence electrons. The fraction of sp³-hybridized carbons (Fsp3) is 0.167. The molecule has 0 saturated carbocycles. The van der Waals surface area contributed by atoms with Gasteiger partial charge in [-0.3, -0.25) is 4.79 Å². The molecule has 0 atom stereocenters. The largest absolute Gasteiger partial charge is 0.481 e. The van der Waals surface area contributed by atoms with Crippen molar-refractivity contribution in [1.82, 2.24) is 9.78 Å². The number of hydrogen-bond donors (Lipinski definition) is 1. The normalized spacial score (nSPS) is 10.4. The van der Waals surface area contributed by atoms with Crippen LogP contribution in [0.4, 0.5) is 5.82 Å². The van der Waals surface area contributed by atoms with Gasteiger partial charge in [-0.1, -0.05) is 35.9 Å². The van der Waals surface area contributed by atoms with E-state index in [1.54, 1.807) is 24.3 Å². The summed E-state index contributed by atoms with van der Waals surface area (Å²) in [4.78, 5) is 20.8. The molecule has 0 aliphatic rings. The van der Waals surface area contributed by atoms with Crippen molar-refractivity contribution >= 4 is 23.4 Å². The van der Waals surface area contributed by atoms with Gasteiger partial charge in [0.15, 0.2) is 5.02 Å². The van der Waals surface area contributed by atoms with Crippen LogP contribution in [0.25, 0.3) is 0 Å². The number of aliphatic carboxylic acids is 1. The van der Waals surface area contributed by atoms with Gasteiger partial charge in [-0.25, -0.2) is 0 Å². The summed E-state index contributed by atoms with van der Waals surface area (Å²) in [6, 6.07) is 6.95. The number of hydrogen-bond acceptors (Lipinski definition) is 4. The van der Waals surface area contributed by atoms with Crippen LogP contribution < -0.4 is 0 Å². The molecule has 0 aliphatic heterocycles. The Morgan fingerprint density at radius 1 is 1.40 bits per heavy atom. The number of carboxylic acid groups (broad SMARTS) is 1. The third-order valence-corrected chi connectivity index (χ3v) is 2.93. The van der Waals surface area contributed by atoms with Gasteiger partial charge in [0.2, 0.25) is 0 Å². The molecule has 8 heteroatoms. The highest BCUT2D eigenvalue weighted by Gasteiger charge is 2.19. The molecular formula is C12H10ClN3O4. The minimum atomic E-state index is -0.943. The van der Waals surface area contributed by atoms with Gasteiger partial charge in [-0.15, -0.1) is 0 Å². The van der Waals surface area contributed by atoms with Crippen molar-refractivity contribution < 1.29 is 14.8 Å². The van der Waals surface area contributed by atoms with Crippen molar-refractivity contribution in [3.63, 3.8) is 0 Å². The van der Waals surface area contributed by atoms with E-state index in [4.69, 9.17) is 16.7 Å². The first-order chi connectivity index (χ1) is 9.47. The monoisotopic (exact) mass is 295 g/mol. The van der Waals surface area contributed by atoms with Crippen LogP contribution in [-0.4, -0.2) is 25.8 Å². The summed E-state index contributed by atoms with van der Waals surface area (Å²) in [6.07, 6.45) is 1.23. The van der Waals surface area contributed by atoms with Gasteiger partial charge in [0.25, 0.3) is 0 Å². The van der Waals surface area contributed by atoms with Crippen LogP contribution in [0.15, 0.2) is 30.5 Å². The zero-order valence-electron chi connectivity index (χ0n) is 10.2. The molecule has 1 heterocycles. The van der Waals surface area contributed by atoms with E-state index in [0.29, 0.717) is 5.56 Å². The number of carbonyl (C=O) groups is 1. The van der Waals surface area contributed by atoms with Crippen LogP contribution in [0.2, 0.25) is 5.02 Å². The second-order valence-corrected chi connectivity index (χ2v) is 4.50. The van der Waals surface area contributed by atoms with Crippen LogP contribution in [-0.2, 0) is 17.8 Å². The Morgan fingerprint density at radius 3 is 2.60 bits per heavy atom. The first kappa shape index (κ1) is 14.0. The molecule has 1 aromatic carbocycles. The first-order valence-corrected chi connectivity index (χ1v) is 6.01. The highest BCUT2D eigenvalue weighted by molar-refractivity contribution is 6.32. The maximum absolute atomic E-state index is 10.8. The third-order valence-electron chi connectivity index (χ3n) is 2.66. The SMILES string of the molecule is O=C(O)Cc1ccccc1Cn1cc(Cl)c([N+](=O)[O-])n1. The molecule has 0 fully saturated rings. The molecule has 2 aromatic rings. The van der Waals surface area contributed by atoms with Gasteiger partial charge in [-0.2, -0.15) is 4.68 Å². The molecule has 0 bridgehead atoms. The first-order valence-electron chi connectivity index (χ1n) is 5.63. The lowest BCUT2D eigenvalue weighted by atomic mass is 10.0. The second-order valence-electron chi connectivity index (χ2n) is 4.09. The van der Waals surface area contributed by atoms with Crippen molar-refractivity contribution in [3.05, 3.63) is 56.7 Å². The lowest BCUT2D eigenvalue weighted by Gasteiger charge is -2.05. The Morgan fingerprint density at radius 2 is 2.05 bits per heavy atom. The molecule has 0 unspecified atom stereocenters. The van der Waals surface area contributed by atoms with Crippen LogP contribution in [0.5, 0.6) is 0 Å². The number of nitro groups is 1. The average molecular weight is 296 g/mol. The molecule has 20 heavy (non-hydrogen) atoms. The van der Waals surface area contributed by atoms with E-state index in [-0.39, 0.29) is 18.0 Å². The topological polar surface area (TPSA) is 98.3 Å². The summed E-state index contributed by atoms with van der Waals surface area (Å²) in [5, 5.41) is 23.2. The Bertz CT molecular complexity index is 668. The molecule has 0 aliphatic carbocycles. The van der Waals surface area contributed by atoms with Crippen LogP contribution in [0.1, 0.15) is 11.1 Å². The van der Waals surface area contributed by atoms with Crippen molar-refractivity contribution in [3.8, 4) is 0 Å². The molecule has 0 radical (unpaired) electrons. The van der Waals surface area contributed by atoms with Crippen molar-refractivity contribution in [2.45, 2.75) is 13.0 Å². The molecule has 7 nitrogen and oxygen atoms in total. The number of rotatable bonds is 5. The highest BCUT2D eigenvalue weighted by Crippen LogP contribution is 2.22. The van der Waals surface area contributed by atoms with Crippen LogP contribution in [0.3, 0.4) is 0 Å². The highest BCUT2D eigenvalue weighted by atomic mass is 35.5. The molecule has 0 spiro atoms. The fourth-order valence-electron chi connectivity index (χ4n) is 1.81. The van der Waals surface area contributed by atoms with Crippen molar-refractivity contribution in [2.24, 2.45) is 0 Å². The zero-order valence-corrected chi connectivity index (χ0v) is 10.9. The van der Waals surface area contributed by atoms with E-state index in [9.17, 15) is 14.9 Å². The molecule has 0 saturated heterocycles. The summed E-state index contributed by atoms with van der Waals surface area (Å²) in [7, 11) is 0. The second kappa shape index (κ2) is 5.70. The van der Waals surface area contributed by atoms with Crippen molar-refractivity contribution in [1.29, 1.82) is 0 Å². The van der Waals surface area contributed by atoms with Gasteiger partial charge >= 0.3 is 11.8 Å². The smallest absolute Gasteiger partial charge is 0.408 e. The van der Waals surface area contributed by atoms with Crippen LogP contribution in [0, 0.1) is 10.1 Å². The number of nitrogens with zero attached hydrogens (tertiary/aromatic N) is 3. The van der Waals surface area contributed by atoms with E-state index >= 15 is 0 Å². The number of benzene rings is 1. The maximum Gasteiger partial charge on any atom is 0.408 e. The minimum absolute atomic E-state index is 0.0503. The van der Waals surface area contributed by atoms with Gasteiger partial charge in [0.1, 0.15) is 0 Å². The maximum atomic E-state index is 10.8. The van der Waals surface area contributed by atoms with Gasteiger partial charge in [-0.05, 0) is 16.1 Å². The minimum Gasteiger partial charge on any atom is -0.481 e.